The molecule has 4 nitrogen and oxygen atoms in total. The van der Waals surface area contributed by atoms with Crippen LogP contribution in [0.5, 0.6) is 5.75 Å². The second kappa shape index (κ2) is 8.37. The summed E-state index contributed by atoms with van der Waals surface area (Å²) < 4.78 is 25.4. The molecule has 1 atom stereocenters. The Hall–Kier alpha value is -2.63. The third-order valence-electron chi connectivity index (χ3n) is 4.43. The van der Waals surface area contributed by atoms with Gasteiger partial charge in [-0.1, -0.05) is 54.6 Å². The minimum Gasteiger partial charge on any atom is -0.507 e. The molecule has 0 aliphatic rings. The molecule has 0 aliphatic heterocycles. The summed E-state index contributed by atoms with van der Waals surface area (Å²) in [6, 6.07) is 23.3. The fraction of sp³-hybridized carbons (Fsp3) is 0.182. The Morgan fingerprint density at radius 2 is 1.48 bits per heavy atom. The van der Waals surface area contributed by atoms with Crippen LogP contribution in [0.15, 0.2) is 88.7 Å². The van der Waals surface area contributed by atoms with Crippen LogP contribution in [0.2, 0.25) is 0 Å². The van der Waals surface area contributed by atoms with Gasteiger partial charge in [-0.05, 0) is 48.7 Å². The Labute approximate surface area is 160 Å². The molecule has 3 rings (SSSR count). The molecular formula is C22H23NO3S. The molecule has 0 saturated heterocycles. The van der Waals surface area contributed by atoms with Crippen molar-refractivity contribution < 1.29 is 13.5 Å². The Bertz CT molecular complexity index is 984. The molecule has 5 heteroatoms. The summed E-state index contributed by atoms with van der Waals surface area (Å²) in [6.07, 6.45) is 0.795. The minimum absolute atomic E-state index is 0.0735. The van der Waals surface area contributed by atoms with E-state index in [9.17, 15) is 13.5 Å². The van der Waals surface area contributed by atoms with Gasteiger partial charge in [-0.2, -0.15) is 0 Å². The van der Waals surface area contributed by atoms with Crippen molar-refractivity contribution in [1.29, 1.82) is 0 Å². The van der Waals surface area contributed by atoms with Gasteiger partial charge in [0.1, 0.15) is 10.6 Å². The zero-order valence-corrected chi connectivity index (χ0v) is 16.0. The maximum atomic E-state index is 12.7. The van der Waals surface area contributed by atoms with Crippen LogP contribution in [-0.4, -0.2) is 19.6 Å². The number of hydrogen-bond donors (Lipinski definition) is 2. The van der Waals surface area contributed by atoms with Crippen molar-refractivity contribution in [1.82, 2.24) is 5.32 Å². The molecule has 0 radical (unpaired) electrons. The highest BCUT2D eigenvalue weighted by Gasteiger charge is 2.20. The SMILES string of the molecule is C[C@H](Cc1ccc(S(=O)(=O)c2ccccc2O)cc1)NCc1ccccc1. The van der Waals surface area contributed by atoms with E-state index in [1.807, 2.05) is 30.3 Å². The number of hydrogen-bond acceptors (Lipinski definition) is 4. The average Bonchev–Trinajstić information content (AvgIpc) is 2.68. The standard InChI is InChI=1S/C22H23NO3S/c1-17(23-16-19-7-3-2-4-8-19)15-18-11-13-20(14-12-18)27(25,26)22-10-6-5-9-21(22)24/h2-14,17,23-24H,15-16H2,1H3/t17-/m1/s1. The number of aromatic hydroxyl groups is 1. The largest absolute Gasteiger partial charge is 0.507 e. The van der Waals surface area contributed by atoms with Crippen LogP contribution in [0.4, 0.5) is 0 Å². The van der Waals surface area contributed by atoms with Crippen molar-refractivity contribution in [3.63, 3.8) is 0 Å². The highest BCUT2D eigenvalue weighted by Crippen LogP contribution is 2.28. The van der Waals surface area contributed by atoms with Crippen LogP contribution in [0.25, 0.3) is 0 Å². The number of para-hydroxylation sites is 1. The summed E-state index contributed by atoms with van der Waals surface area (Å²) in [4.78, 5) is 0.105. The zero-order valence-electron chi connectivity index (χ0n) is 15.2. The van der Waals surface area contributed by atoms with E-state index >= 15 is 0 Å². The maximum absolute atomic E-state index is 12.7. The van der Waals surface area contributed by atoms with Crippen LogP contribution >= 0.6 is 0 Å². The lowest BCUT2D eigenvalue weighted by Crippen LogP contribution is -2.27. The number of phenolic OH excluding ortho intramolecular Hbond substituents is 1. The van der Waals surface area contributed by atoms with Gasteiger partial charge in [-0.15, -0.1) is 0 Å². The molecule has 2 N–H and O–H groups in total. The fourth-order valence-corrected chi connectivity index (χ4v) is 4.28. The van der Waals surface area contributed by atoms with E-state index in [0.29, 0.717) is 0 Å². The molecule has 0 fully saturated rings. The first-order valence-corrected chi connectivity index (χ1v) is 10.3. The van der Waals surface area contributed by atoms with Crippen LogP contribution in [0.1, 0.15) is 18.1 Å². The molecule has 0 amide bonds. The molecule has 0 heterocycles. The number of benzene rings is 3. The van der Waals surface area contributed by atoms with Gasteiger partial charge < -0.3 is 10.4 Å². The van der Waals surface area contributed by atoms with Crippen molar-refractivity contribution in [3.05, 3.63) is 90.0 Å². The molecule has 0 unspecified atom stereocenters. The summed E-state index contributed by atoms with van der Waals surface area (Å²) in [5.41, 5.74) is 2.28. The summed E-state index contributed by atoms with van der Waals surface area (Å²) >= 11 is 0. The smallest absolute Gasteiger partial charge is 0.210 e. The van der Waals surface area contributed by atoms with Crippen molar-refractivity contribution in [2.75, 3.05) is 0 Å². The molecule has 27 heavy (non-hydrogen) atoms. The van der Waals surface area contributed by atoms with Gasteiger partial charge in [0, 0.05) is 12.6 Å². The molecular weight excluding hydrogens is 358 g/mol. The van der Waals surface area contributed by atoms with Crippen LogP contribution < -0.4 is 5.32 Å². The highest BCUT2D eigenvalue weighted by atomic mass is 32.2. The number of rotatable bonds is 7. The topological polar surface area (TPSA) is 66.4 Å². The third kappa shape index (κ3) is 4.76. The molecule has 3 aromatic rings. The van der Waals surface area contributed by atoms with Crippen molar-refractivity contribution in [2.45, 2.75) is 35.7 Å². The van der Waals surface area contributed by atoms with Crippen LogP contribution in [0, 0.1) is 0 Å². The Morgan fingerprint density at radius 1 is 0.852 bits per heavy atom. The summed E-state index contributed by atoms with van der Waals surface area (Å²) in [6.45, 7) is 2.90. The first kappa shape index (κ1) is 19.1. The normalized spacial score (nSPS) is 12.6. The van der Waals surface area contributed by atoms with E-state index in [2.05, 4.69) is 24.4 Å². The second-order valence-electron chi connectivity index (χ2n) is 6.59. The third-order valence-corrected chi connectivity index (χ3v) is 6.24. The first-order valence-electron chi connectivity index (χ1n) is 8.86. The highest BCUT2D eigenvalue weighted by molar-refractivity contribution is 7.91. The van der Waals surface area contributed by atoms with E-state index < -0.39 is 9.84 Å². The quantitative estimate of drug-likeness (QED) is 0.650. The molecule has 0 aromatic heterocycles. The van der Waals surface area contributed by atoms with Gasteiger partial charge in [0.05, 0.1) is 4.90 Å². The van der Waals surface area contributed by atoms with E-state index in [1.54, 1.807) is 24.3 Å². The zero-order chi connectivity index (χ0) is 19.3. The number of nitrogens with one attached hydrogen (secondary N) is 1. The minimum atomic E-state index is -3.73. The van der Waals surface area contributed by atoms with Gasteiger partial charge in [0.25, 0.3) is 0 Å². The lowest BCUT2D eigenvalue weighted by molar-refractivity contribution is 0.459. The molecule has 3 aromatic carbocycles. The Morgan fingerprint density at radius 3 is 2.15 bits per heavy atom. The van der Waals surface area contributed by atoms with Gasteiger partial charge in [-0.3, -0.25) is 0 Å². The van der Waals surface area contributed by atoms with E-state index in [0.717, 1.165) is 18.5 Å². The fourth-order valence-electron chi connectivity index (χ4n) is 2.93. The van der Waals surface area contributed by atoms with Gasteiger partial charge in [-0.25, -0.2) is 8.42 Å². The van der Waals surface area contributed by atoms with E-state index in [4.69, 9.17) is 0 Å². The lowest BCUT2D eigenvalue weighted by Gasteiger charge is -2.14. The van der Waals surface area contributed by atoms with Crippen molar-refractivity contribution >= 4 is 9.84 Å². The van der Waals surface area contributed by atoms with E-state index in [1.165, 1.54) is 17.7 Å². The van der Waals surface area contributed by atoms with Crippen LogP contribution in [-0.2, 0) is 22.8 Å². The van der Waals surface area contributed by atoms with Crippen molar-refractivity contribution in [3.8, 4) is 5.75 Å². The maximum Gasteiger partial charge on any atom is 0.210 e. The lowest BCUT2D eigenvalue weighted by atomic mass is 10.1. The van der Waals surface area contributed by atoms with Gasteiger partial charge in [0.15, 0.2) is 0 Å². The van der Waals surface area contributed by atoms with Crippen LogP contribution in [0.3, 0.4) is 0 Å². The van der Waals surface area contributed by atoms with Crippen molar-refractivity contribution in [2.24, 2.45) is 0 Å². The monoisotopic (exact) mass is 381 g/mol. The Kier molecular flexibility index (Phi) is 5.94. The Balaban J connectivity index is 1.66. The number of phenols is 1. The molecule has 0 spiro atoms. The molecule has 0 saturated carbocycles. The summed E-state index contributed by atoms with van der Waals surface area (Å²) in [5, 5.41) is 13.3. The predicted octanol–water partition coefficient (Wildman–Crippen LogP) is 3.95. The predicted molar refractivity (Wildman–Crippen MR) is 106 cm³/mol. The molecule has 0 aliphatic carbocycles. The van der Waals surface area contributed by atoms with Gasteiger partial charge >= 0.3 is 0 Å². The summed E-state index contributed by atoms with van der Waals surface area (Å²) in [5.74, 6) is -0.236. The van der Waals surface area contributed by atoms with Gasteiger partial charge in [0.2, 0.25) is 9.84 Å². The second-order valence-corrected chi connectivity index (χ2v) is 8.50. The molecule has 0 bridgehead atoms. The average molecular weight is 381 g/mol. The molecule has 140 valence electrons. The first-order chi connectivity index (χ1) is 13.0. The van der Waals surface area contributed by atoms with E-state index in [-0.39, 0.29) is 21.6 Å². The number of sulfone groups is 1. The summed E-state index contributed by atoms with van der Waals surface area (Å²) in [7, 11) is -3.73.